The van der Waals surface area contributed by atoms with Crippen molar-refractivity contribution in [2.75, 3.05) is 6.61 Å². The van der Waals surface area contributed by atoms with E-state index in [2.05, 4.69) is 0 Å². The second-order valence-corrected chi connectivity index (χ2v) is 6.04. The molecule has 0 amide bonds. The van der Waals surface area contributed by atoms with Crippen LogP contribution in [0.2, 0.25) is 0 Å². The van der Waals surface area contributed by atoms with Crippen molar-refractivity contribution in [1.82, 2.24) is 0 Å². The summed E-state index contributed by atoms with van der Waals surface area (Å²) in [6, 6.07) is 3.68. The summed E-state index contributed by atoms with van der Waals surface area (Å²) >= 11 is 0. The van der Waals surface area contributed by atoms with E-state index in [0.29, 0.717) is 6.61 Å². The zero-order chi connectivity index (χ0) is 14.9. The maximum Gasteiger partial charge on any atom is 0.492 e. The van der Waals surface area contributed by atoms with Crippen LogP contribution in [0.25, 0.3) is 0 Å². The maximum atomic E-state index is 13.3. The van der Waals surface area contributed by atoms with E-state index in [4.69, 9.17) is 9.47 Å². The monoisotopic (exact) mass is 294 g/mol. The van der Waals surface area contributed by atoms with E-state index in [1.54, 1.807) is 0 Å². The zero-order valence-electron chi connectivity index (χ0n) is 11.9. The van der Waals surface area contributed by atoms with Crippen molar-refractivity contribution in [3.8, 4) is 5.75 Å². The molecule has 2 aliphatic rings. The van der Waals surface area contributed by atoms with Crippen LogP contribution in [0.4, 0.5) is 4.39 Å². The molecule has 1 aromatic rings. The molecule has 2 N–H and O–H groups in total. The number of ether oxygens (including phenoxy) is 2. The number of hydrogen-bond acceptors (Lipinski definition) is 4. The molecular weight excluding hydrogens is 274 g/mol. The summed E-state index contributed by atoms with van der Waals surface area (Å²) in [5.74, 6) is -0.296. The normalized spacial score (nSPS) is 23.7. The molecular formula is C15H20BFO4. The first-order chi connectivity index (χ1) is 10.1. The second kappa shape index (κ2) is 5.95. The van der Waals surface area contributed by atoms with E-state index in [-0.39, 0.29) is 22.9 Å². The molecule has 1 saturated carbocycles. The summed E-state index contributed by atoms with van der Waals surface area (Å²) in [5.41, 5.74) is 0.208. The summed E-state index contributed by atoms with van der Waals surface area (Å²) in [5, 5.41) is 18.6. The van der Waals surface area contributed by atoms with Crippen LogP contribution in [0.1, 0.15) is 38.5 Å². The molecule has 1 atom stereocenters. The molecule has 1 aromatic carbocycles. The number of halogens is 1. The van der Waals surface area contributed by atoms with Gasteiger partial charge in [-0.2, -0.15) is 0 Å². The van der Waals surface area contributed by atoms with Gasteiger partial charge in [-0.1, -0.05) is 18.9 Å². The molecule has 2 fully saturated rings. The average molecular weight is 294 g/mol. The molecule has 1 unspecified atom stereocenters. The Morgan fingerprint density at radius 3 is 2.76 bits per heavy atom. The minimum Gasteiger partial charge on any atom is -0.491 e. The molecule has 1 heterocycles. The highest BCUT2D eigenvalue weighted by Gasteiger charge is 2.42. The van der Waals surface area contributed by atoms with Gasteiger partial charge < -0.3 is 19.5 Å². The van der Waals surface area contributed by atoms with Crippen molar-refractivity contribution in [1.29, 1.82) is 0 Å². The molecule has 1 aliphatic carbocycles. The Balaban J connectivity index is 1.62. The first-order valence-electron chi connectivity index (χ1n) is 7.54. The molecule has 1 aliphatic heterocycles. The van der Waals surface area contributed by atoms with Crippen molar-refractivity contribution < 1.29 is 23.9 Å². The second-order valence-electron chi connectivity index (χ2n) is 6.04. The van der Waals surface area contributed by atoms with Crippen LogP contribution in [0, 0.1) is 5.82 Å². The highest BCUT2D eigenvalue weighted by Crippen LogP contribution is 2.43. The molecule has 0 bridgehead atoms. The summed E-state index contributed by atoms with van der Waals surface area (Å²) in [6.45, 7) is 0.310. The Morgan fingerprint density at radius 2 is 2.05 bits per heavy atom. The van der Waals surface area contributed by atoms with Gasteiger partial charge in [-0.05, 0) is 31.7 Å². The molecule has 114 valence electrons. The van der Waals surface area contributed by atoms with Gasteiger partial charge in [0.1, 0.15) is 18.2 Å². The SMILES string of the molecule is OB(O)c1ccc(F)cc1OCC1CCC2(CCCC2)O1. The van der Waals surface area contributed by atoms with Gasteiger partial charge in [0.15, 0.2) is 0 Å². The third-order valence-corrected chi connectivity index (χ3v) is 4.53. The van der Waals surface area contributed by atoms with Gasteiger partial charge >= 0.3 is 7.12 Å². The number of benzene rings is 1. The van der Waals surface area contributed by atoms with Crippen molar-refractivity contribution in [2.45, 2.75) is 50.2 Å². The third-order valence-electron chi connectivity index (χ3n) is 4.53. The predicted octanol–water partition coefficient (Wildman–Crippen LogP) is 1.38. The molecule has 0 radical (unpaired) electrons. The summed E-state index contributed by atoms with van der Waals surface area (Å²) in [7, 11) is -1.67. The lowest BCUT2D eigenvalue weighted by molar-refractivity contribution is -0.0508. The van der Waals surface area contributed by atoms with Gasteiger partial charge in [-0.25, -0.2) is 4.39 Å². The van der Waals surface area contributed by atoms with Crippen molar-refractivity contribution in [2.24, 2.45) is 0 Å². The number of rotatable bonds is 4. The smallest absolute Gasteiger partial charge is 0.491 e. The van der Waals surface area contributed by atoms with E-state index in [1.165, 1.54) is 31.0 Å². The van der Waals surface area contributed by atoms with Crippen molar-refractivity contribution >= 4 is 12.6 Å². The van der Waals surface area contributed by atoms with E-state index in [1.807, 2.05) is 0 Å². The molecule has 4 nitrogen and oxygen atoms in total. The van der Waals surface area contributed by atoms with Gasteiger partial charge in [0.25, 0.3) is 0 Å². The highest BCUT2D eigenvalue weighted by atomic mass is 19.1. The van der Waals surface area contributed by atoms with E-state index in [9.17, 15) is 14.4 Å². The predicted molar refractivity (Wildman–Crippen MR) is 77.0 cm³/mol. The Labute approximate surface area is 124 Å². The van der Waals surface area contributed by atoms with Crippen molar-refractivity contribution in [3.63, 3.8) is 0 Å². The van der Waals surface area contributed by atoms with E-state index < -0.39 is 12.9 Å². The molecule has 6 heteroatoms. The van der Waals surface area contributed by atoms with Crippen LogP contribution in [0.15, 0.2) is 18.2 Å². The molecule has 1 saturated heterocycles. The lowest BCUT2D eigenvalue weighted by atomic mass is 9.79. The topological polar surface area (TPSA) is 58.9 Å². The molecule has 21 heavy (non-hydrogen) atoms. The Hall–Kier alpha value is -1.11. The minimum atomic E-state index is -1.67. The maximum absolute atomic E-state index is 13.3. The lowest BCUT2D eigenvalue weighted by Gasteiger charge is -2.24. The lowest BCUT2D eigenvalue weighted by Crippen LogP contribution is -2.33. The fraction of sp³-hybridized carbons (Fsp3) is 0.600. The van der Waals surface area contributed by atoms with Gasteiger partial charge in [-0.3, -0.25) is 0 Å². The van der Waals surface area contributed by atoms with Crippen LogP contribution in [0.5, 0.6) is 5.75 Å². The van der Waals surface area contributed by atoms with Crippen LogP contribution in [0.3, 0.4) is 0 Å². The fourth-order valence-corrected chi connectivity index (χ4v) is 3.43. The average Bonchev–Trinajstić information content (AvgIpc) is 3.07. The van der Waals surface area contributed by atoms with Crippen molar-refractivity contribution in [3.05, 3.63) is 24.0 Å². The Morgan fingerprint density at radius 1 is 1.29 bits per heavy atom. The van der Waals surface area contributed by atoms with Crippen LogP contribution in [-0.2, 0) is 4.74 Å². The van der Waals surface area contributed by atoms with Gasteiger partial charge in [0, 0.05) is 11.5 Å². The number of hydrogen-bond donors (Lipinski definition) is 2. The van der Waals surface area contributed by atoms with Crippen LogP contribution >= 0.6 is 0 Å². The minimum absolute atomic E-state index is 0.00458. The Bertz CT molecular complexity index is 502. The molecule has 3 rings (SSSR count). The first kappa shape index (κ1) is 14.8. The van der Waals surface area contributed by atoms with Gasteiger partial charge in [-0.15, -0.1) is 0 Å². The van der Waals surface area contributed by atoms with Crippen LogP contribution < -0.4 is 10.2 Å². The fourth-order valence-electron chi connectivity index (χ4n) is 3.43. The summed E-state index contributed by atoms with van der Waals surface area (Å²) in [4.78, 5) is 0. The van der Waals surface area contributed by atoms with Gasteiger partial charge in [0.05, 0.1) is 11.7 Å². The summed E-state index contributed by atoms with van der Waals surface area (Å²) < 4.78 is 25.0. The first-order valence-corrected chi connectivity index (χ1v) is 7.54. The zero-order valence-corrected chi connectivity index (χ0v) is 11.9. The molecule has 1 spiro atoms. The largest absolute Gasteiger partial charge is 0.492 e. The van der Waals surface area contributed by atoms with E-state index in [0.717, 1.165) is 25.7 Å². The van der Waals surface area contributed by atoms with E-state index >= 15 is 0 Å². The molecule has 0 aromatic heterocycles. The quantitative estimate of drug-likeness (QED) is 0.824. The van der Waals surface area contributed by atoms with Gasteiger partial charge in [0.2, 0.25) is 0 Å². The summed E-state index contributed by atoms with van der Waals surface area (Å²) in [6.07, 6.45) is 6.66. The third kappa shape index (κ3) is 3.22. The Kier molecular flexibility index (Phi) is 4.20. The highest BCUT2D eigenvalue weighted by molar-refractivity contribution is 6.59. The standard InChI is InChI=1S/C15H20BFO4/c17-11-3-4-13(16(18)19)14(9-11)20-10-12-5-8-15(21-12)6-1-2-7-15/h3-4,9,12,18-19H,1-2,5-8,10H2. The van der Waals surface area contributed by atoms with Crippen LogP contribution in [-0.4, -0.2) is 35.5 Å².